The molecular weight excluding hydrogens is 222 g/mol. The second kappa shape index (κ2) is 6.09. The van der Waals surface area contributed by atoms with Crippen molar-refractivity contribution in [3.63, 3.8) is 0 Å². The first kappa shape index (κ1) is 13.3. The van der Waals surface area contributed by atoms with Gasteiger partial charge in [-0.15, -0.1) is 0 Å². The highest BCUT2D eigenvalue weighted by molar-refractivity contribution is 5.82. The predicted octanol–water partition coefficient (Wildman–Crippen LogP) is -0.799. The first-order chi connectivity index (χ1) is 8.04. The van der Waals surface area contributed by atoms with Gasteiger partial charge in [-0.3, -0.25) is 9.48 Å². The van der Waals surface area contributed by atoms with Crippen LogP contribution in [0.5, 0.6) is 0 Å². The van der Waals surface area contributed by atoms with Gasteiger partial charge in [0, 0.05) is 33.9 Å². The van der Waals surface area contributed by atoms with Gasteiger partial charge in [-0.25, -0.2) is 0 Å². The summed E-state index contributed by atoms with van der Waals surface area (Å²) >= 11 is 0. The van der Waals surface area contributed by atoms with Gasteiger partial charge in [0.15, 0.2) is 5.82 Å². The highest BCUT2D eigenvalue weighted by Gasteiger charge is 2.12. The van der Waals surface area contributed by atoms with E-state index in [4.69, 9.17) is 10.5 Å². The van der Waals surface area contributed by atoms with E-state index in [1.54, 1.807) is 37.0 Å². The van der Waals surface area contributed by atoms with Crippen LogP contribution in [0.2, 0.25) is 0 Å². The minimum atomic E-state index is -0.0883. The second-order valence-electron chi connectivity index (χ2n) is 3.78. The van der Waals surface area contributed by atoms with Crippen molar-refractivity contribution in [3.05, 3.63) is 6.20 Å². The zero-order chi connectivity index (χ0) is 12.8. The lowest BCUT2D eigenvalue weighted by atomic mass is 10.4. The molecule has 0 fully saturated rings. The van der Waals surface area contributed by atoms with Crippen LogP contribution >= 0.6 is 0 Å². The normalized spacial score (nSPS) is 10.3. The zero-order valence-corrected chi connectivity index (χ0v) is 10.4. The van der Waals surface area contributed by atoms with Crippen LogP contribution in [0.1, 0.15) is 0 Å². The summed E-state index contributed by atoms with van der Waals surface area (Å²) in [4.78, 5) is 13.2. The molecule has 0 saturated carbocycles. The van der Waals surface area contributed by atoms with E-state index in [1.165, 1.54) is 0 Å². The van der Waals surface area contributed by atoms with E-state index in [0.717, 1.165) is 0 Å². The lowest BCUT2D eigenvalue weighted by molar-refractivity contribution is -0.119. The first-order valence-corrected chi connectivity index (χ1v) is 5.30. The molecule has 1 heterocycles. The molecule has 1 aromatic heterocycles. The van der Waals surface area contributed by atoms with E-state index in [-0.39, 0.29) is 12.5 Å². The van der Waals surface area contributed by atoms with E-state index in [2.05, 4.69) is 10.4 Å². The average molecular weight is 241 g/mol. The SMILES string of the molecule is COCCNC(=O)CN(C)c1nn(C)cc1N. The van der Waals surface area contributed by atoms with Crippen LogP contribution in [0, 0.1) is 0 Å². The molecule has 7 heteroatoms. The number of nitrogens with one attached hydrogen (secondary N) is 1. The van der Waals surface area contributed by atoms with Crippen LogP contribution in [0.15, 0.2) is 6.20 Å². The van der Waals surface area contributed by atoms with Gasteiger partial charge in [0.25, 0.3) is 0 Å². The number of methoxy groups -OCH3 is 1. The van der Waals surface area contributed by atoms with Gasteiger partial charge in [-0.1, -0.05) is 0 Å². The van der Waals surface area contributed by atoms with Crippen molar-refractivity contribution in [3.8, 4) is 0 Å². The number of aromatic nitrogens is 2. The van der Waals surface area contributed by atoms with Gasteiger partial charge in [0.05, 0.1) is 18.8 Å². The molecule has 0 aromatic carbocycles. The number of anilines is 2. The number of nitrogens with two attached hydrogens (primary N) is 1. The molecule has 7 nitrogen and oxygen atoms in total. The fraction of sp³-hybridized carbons (Fsp3) is 0.600. The lowest BCUT2D eigenvalue weighted by Crippen LogP contribution is -2.37. The number of ether oxygens (including phenoxy) is 1. The third-order valence-electron chi connectivity index (χ3n) is 2.21. The van der Waals surface area contributed by atoms with Crippen LogP contribution in [0.4, 0.5) is 11.5 Å². The summed E-state index contributed by atoms with van der Waals surface area (Å²) in [7, 11) is 5.15. The zero-order valence-electron chi connectivity index (χ0n) is 10.4. The number of carbonyl (C=O) groups is 1. The Labute approximate surface area is 101 Å². The predicted molar refractivity (Wildman–Crippen MR) is 65.8 cm³/mol. The third kappa shape index (κ3) is 3.95. The van der Waals surface area contributed by atoms with Crippen molar-refractivity contribution in [1.82, 2.24) is 15.1 Å². The number of hydrogen-bond donors (Lipinski definition) is 2. The summed E-state index contributed by atoms with van der Waals surface area (Å²) in [5.41, 5.74) is 6.32. The Morgan fingerprint density at radius 1 is 1.71 bits per heavy atom. The van der Waals surface area contributed by atoms with Gasteiger partial charge >= 0.3 is 0 Å². The Hall–Kier alpha value is -1.76. The Balaban J connectivity index is 2.46. The summed E-state index contributed by atoms with van der Waals surface area (Å²) in [6.45, 7) is 1.22. The van der Waals surface area contributed by atoms with Gasteiger partial charge < -0.3 is 20.7 Å². The minimum Gasteiger partial charge on any atom is -0.394 e. The van der Waals surface area contributed by atoms with Crippen molar-refractivity contribution >= 4 is 17.4 Å². The molecule has 0 unspecified atom stereocenters. The average Bonchev–Trinajstić information content (AvgIpc) is 2.58. The molecule has 1 aromatic rings. The summed E-state index contributed by atoms with van der Waals surface area (Å²) in [5, 5.41) is 6.90. The molecule has 96 valence electrons. The molecule has 0 saturated heterocycles. The number of aryl methyl sites for hydroxylation is 1. The summed E-state index contributed by atoms with van der Waals surface area (Å²) in [6.07, 6.45) is 1.70. The largest absolute Gasteiger partial charge is 0.394 e. The van der Waals surface area contributed by atoms with E-state index in [0.29, 0.717) is 24.7 Å². The molecule has 0 aliphatic rings. The van der Waals surface area contributed by atoms with Crippen molar-refractivity contribution in [2.45, 2.75) is 0 Å². The van der Waals surface area contributed by atoms with Crippen LogP contribution in [0.3, 0.4) is 0 Å². The smallest absolute Gasteiger partial charge is 0.239 e. The molecule has 0 radical (unpaired) electrons. The monoisotopic (exact) mass is 241 g/mol. The van der Waals surface area contributed by atoms with Crippen molar-refractivity contribution in [2.24, 2.45) is 7.05 Å². The maximum absolute atomic E-state index is 11.5. The van der Waals surface area contributed by atoms with Gasteiger partial charge in [0.1, 0.15) is 0 Å². The summed E-state index contributed by atoms with van der Waals surface area (Å²) in [5.74, 6) is 0.518. The van der Waals surface area contributed by atoms with Gasteiger partial charge in [0.2, 0.25) is 5.91 Å². The Kier molecular flexibility index (Phi) is 4.77. The number of rotatable bonds is 6. The molecule has 0 aliphatic carbocycles. The van der Waals surface area contributed by atoms with Crippen molar-refractivity contribution < 1.29 is 9.53 Å². The highest BCUT2D eigenvalue weighted by atomic mass is 16.5. The van der Waals surface area contributed by atoms with E-state index in [9.17, 15) is 4.79 Å². The van der Waals surface area contributed by atoms with Crippen molar-refractivity contribution in [1.29, 1.82) is 0 Å². The Morgan fingerprint density at radius 2 is 2.41 bits per heavy atom. The Morgan fingerprint density at radius 3 is 2.94 bits per heavy atom. The minimum absolute atomic E-state index is 0.0883. The molecule has 1 rings (SSSR count). The van der Waals surface area contributed by atoms with Crippen LogP contribution in [-0.2, 0) is 16.6 Å². The van der Waals surface area contributed by atoms with Crippen LogP contribution in [-0.4, -0.2) is 49.5 Å². The number of amides is 1. The highest BCUT2D eigenvalue weighted by Crippen LogP contribution is 2.17. The van der Waals surface area contributed by atoms with E-state index in [1.807, 2.05) is 0 Å². The van der Waals surface area contributed by atoms with Crippen molar-refractivity contribution in [2.75, 3.05) is 44.5 Å². The first-order valence-electron chi connectivity index (χ1n) is 5.30. The Bertz CT molecular complexity index is 377. The number of likely N-dealkylation sites (N-methyl/N-ethyl adjacent to an activating group) is 1. The molecule has 0 bridgehead atoms. The molecular formula is C10H19N5O2. The standard InChI is InChI=1S/C10H19N5O2/c1-14(7-9(16)12-4-5-17-3)10-8(11)6-15(2)13-10/h6H,4-5,7,11H2,1-3H3,(H,12,16). The van der Waals surface area contributed by atoms with Gasteiger partial charge in [-0.2, -0.15) is 5.10 Å². The topological polar surface area (TPSA) is 85.4 Å². The molecule has 3 N–H and O–H groups in total. The number of nitrogens with zero attached hydrogens (tertiary/aromatic N) is 3. The van der Waals surface area contributed by atoms with Crippen LogP contribution in [0.25, 0.3) is 0 Å². The molecule has 1 amide bonds. The fourth-order valence-electron chi connectivity index (χ4n) is 1.43. The maximum Gasteiger partial charge on any atom is 0.239 e. The number of nitrogen functional groups attached to an aromatic ring is 1. The van der Waals surface area contributed by atoms with E-state index >= 15 is 0 Å². The molecule has 17 heavy (non-hydrogen) atoms. The summed E-state index contributed by atoms with van der Waals surface area (Å²) < 4.78 is 6.46. The summed E-state index contributed by atoms with van der Waals surface area (Å²) in [6, 6.07) is 0. The lowest BCUT2D eigenvalue weighted by Gasteiger charge is -2.16. The third-order valence-corrected chi connectivity index (χ3v) is 2.21. The number of carbonyl (C=O) groups excluding carboxylic acids is 1. The number of hydrogen-bond acceptors (Lipinski definition) is 5. The molecule has 0 spiro atoms. The fourth-order valence-corrected chi connectivity index (χ4v) is 1.43. The van der Waals surface area contributed by atoms with Crippen LogP contribution < -0.4 is 16.0 Å². The second-order valence-corrected chi connectivity index (χ2v) is 3.78. The maximum atomic E-state index is 11.5. The molecule has 0 aliphatic heterocycles. The van der Waals surface area contributed by atoms with Gasteiger partial charge in [-0.05, 0) is 0 Å². The molecule has 0 atom stereocenters. The van der Waals surface area contributed by atoms with E-state index < -0.39 is 0 Å². The quantitative estimate of drug-likeness (QED) is 0.637.